The molecule has 0 spiro atoms. The fraction of sp³-hybridized carbons (Fsp3) is 0.889. The molecular formula is C9H21N3O4S. The third-order valence-electron chi connectivity index (χ3n) is 2.18. The first kappa shape index (κ1) is 16.1. The van der Waals surface area contributed by atoms with E-state index in [0.717, 1.165) is 0 Å². The summed E-state index contributed by atoms with van der Waals surface area (Å²) in [6.45, 7) is 4.78. The van der Waals surface area contributed by atoms with Crippen LogP contribution in [-0.4, -0.2) is 55.8 Å². The van der Waals surface area contributed by atoms with Gasteiger partial charge in [-0.05, 0) is 6.92 Å². The Kier molecular flexibility index (Phi) is 7.85. The van der Waals surface area contributed by atoms with Crippen molar-refractivity contribution in [2.75, 3.05) is 32.1 Å². The molecule has 0 unspecified atom stereocenters. The van der Waals surface area contributed by atoms with Gasteiger partial charge in [0.25, 0.3) is 0 Å². The molecule has 0 saturated heterocycles. The van der Waals surface area contributed by atoms with E-state index in [0.29, 0.717) is 13.2 Å². The number of nitrogens with zero attached hydrogens (tertiary/aromatic N) is 2. The lowest BCUT2D eigenvalue weighted by Crippen LogP contribution is -2.36. The Labute approximate surface area is 102 Å². The second kappa shape index (κ2) is 8.26. The molecule has 8 heteroatoms. The Hall–Kier alpha value is -0.860. The van der Waals surface area contributed by atoms with Gasteiger partial charge in [0.2, 0.25) is 10.0 Å². The van der Waals surface area contributed by atoms with Crippen molar-refractivity contribution in [3.05, 3.63) is 0 Å². The van der Waals surface area contributed by atoms with Gasteiger partial charge in [0.1, 0.15) is 5.84 Å². The maximum absolute atomic E-state index is 11.8. The van der Waals surface area contributed by atoms with Crippen LogP contribution < -0.4 is 5.73 Å². The highest BCUT2D eigenvalue weighted by Crippen LogP contribution is 2.03. The summed E-state index contributed by atoms with van der Waals surface area (Å²) in [6.07, 6.45) is 0.207. The molecule has 0 amide bonds. The molecule has 7 nitrogen and oxygen atoms in total. The molecule has 0 radical (unpaired) electrons. The lowest BCUT2D eigenvalue weighted by molar-refractivity contribution is 0.162. The minimum atomic E-state index is -3.33. The smallest absolute Gasteiger partial charge is 0.216 e. The van der Waals surface area contributed by atoms with Crippen LogP contribution in [0.1, 0.15) is 20.3 Å². The van der Waals surface area contributed by atoms with Gasteiger partial charge in [-0.2, -0.15) is 0 Å². The number of amidine groups is 1. The van der Waals surface area contributed by atoms with Crippen molar-refractivity contribution in [3.63, 3.8) is 0 Å². The predicted molar refractivity (Wildman–Crippen MR) is 65.6 cm³/mol. The Morgan fingerprint density at radius 2 is 2.12 bits per heavy atom. The van der Waals surface area contributed by atoms with E-state index >= 15 is 0 Å². The highest BCUT2D eigenvalue weighted by atomic mass is 32.2. The summed E-state index contributed by atoms with van der Waals surface area (Å²) in [7, 11) is -3.33. The van der Waals surface area contributed by atoms with Crippen LogP contribution in [0.15, 0.2) is 5.16 Å². The van der Waals surface area contributed by atoms with Crippen LogP contribution in [0.5, 0.6) is 0 Å². The lowest BCUT2D eigenvalue weighted by Gasteiger charge is -2.19. The van der Waals surface area contributed by atoms with Crippen LogP contribution in [0.25, 0.3) is 0 Å². The topological polar surface area (TPSA) is 105 Å². The highest BCUT2D eigenvalue weighted by Gasteiger charge is 2.20. The largest absolute Gasteiger partial charge is 0.409 e. The van der Waals surface area contributed by atoms with Crippen LogP contribution in [0.4, 0.5) is 0 Å². The summed E-state index contributed by atoms with van der Waals surface area (Å²) in [6, 6.07) is 0. The summed E-state index contributed by atoms with van der Waals surface area (Å²) in [5.74, 6) is -0.0337. The first-order chi connectivity index (χ1) is 7.97. The summed E-state index contributed by atoms with van der Waals surface area (Å²) >= 11 is 0. The van der Waals surface area contributed by atoms with Crippen molar-refractivity contribution < 1.29 is 18.4 Å². The molecule has 0 heterocycles. The molecule has 0 fully saturated rings. The van der Waals surface area contributed by atoms with Crippen molar-refractivity contribution in [1.82, 2.24) is 4.31 Å². The van der Waals surface area contributed by atoms with Crippen LogP contribution in [-0.2, 0) is 14.8 Å². The minimum Gasteiger partial charge on any atom is -0.409 e. The van der Waals surface area contributed by atoms with Gasteiger partial charge < -0.3 is 15.7 Å². The minimum absolute atomic E-state index is 0.0171. The van der Waals surface area contributed by atoms with Crippen LogP contribution >= 0.6 is 0 Å². The number of sulfonamides is 1. The molecule has 17 heavy (non-hydrogen) atoms. The van der Waals surface area contributed by atoms with Crippen LogP contribution in [0.2, 0.25) is 0 Å². The number of ether oxygens (including phenoxy) is 1. The molecule has 0 bridgehead atoms. The first-order valence-corrected chi connectivity index (χ1v) is 7.10. The van der Waals surface area contributed by atoms with Crippen molar-refractivity contribution >= 4 is 15.9 Å². The number of hydrogen-bond donors (Lipinski definition) is 2. The van der Waals surface area contributed by atoms with E-state index in [-0.39, 0.29) is 31.2 Å². The molecule has 102 valence electrons. The molecule has 0 aromatic carbocycles. The average molecular weight is 267 g/mol. The zero-order chi connectivity index (χ0) is 13.3. The predicted octanol–water partition coefficient (Wildman–Crippen LogP) is -0.189. The standard InChI is InChI=1S/C9H21N3O4S/c1-3-12(6-5-9(10)11-13)17(14,15)8-7-16-4-2/h13H,3-8H2,1-2H3,(H2,10,11). The Bertz CT molecular complexity index is 329. The van der Waals surface area contributed by atoms with Gasteiger partial charge in [0.15, 0.2) is 0 Å². The fourth-order valence-electron chi connectivity index (χ4n) is 1.22. The van der Waals surface area contributed by atoms with E-state index in [9.17, 15) is 8.42 Å². The van der Waals surface area contributed by atoms with Gasteiger partial charge in [-0.15, -0.1) is 0 Å². The van der Waals surface area contributed by atoms with Gasteiger partial charge in [0.05, 0.1) is 12.4 Å². The van der Waals surface area contributed by atoms with Crippen molar-refractivity contribution in [2.24, 2.45) is 10.9 Å². The van der Waals surface area contributed by atoms with E-state index < -0.39 is 10.0 Å². The molecular weight excluding hydrogens is 246 g/mol. The molecule has 0 aliphatic carbocycles. The van der Waals surface area contributed by atoms with Crippen molar-refractivity contribution in [2.45, 2.75) is 20.3 Å². The maximum atomic E-state index is 11.8. The normalized spacial score (nSPS) is 13.2. The van der Waals surface area contributed by atoms with Gasteiger partial charge in [-0.25, -0.2) is 12.7 Å². The molecule has 0 aromatic heterocycles. The molecule has 3 N–H and O–H groups in total. The van der Waals surface area contributed by atoms with E-state index in [4.69, 9.17) is 15.7 Å². The third-order valence-corrected chi connectivity index (χ3v) is 4.09. The second-order valence-electron chi connectivity index (χ2n) is 3.35. The Morgan fingerprint density at radius 1 is 1.47 bits per heavy atom. The van der Waals surface area contributed by atoms with E-state index in [1.54, 1.807) is 6.92 Å². The lowest BCUT2D eigenvalue weighted by atomic mass is 10.4. The maximum Gasteiger partial charge on any atom is 0.216 e. The van der Waals surface area contributed by atoms with Crippen LogP contribution in [0, 0.1) is 0 Å². The van der Waals surface area contributed by atoms with E-state index in [2.05, 4.69) is 5.16 Å². The van der Waals surface area contributed by atoms with Crippen molar-refractivity contribution in [3.8, 4) is 0 Å². The first-order valence-electron chi connectivity index (χ1n) is 5.49. The van der Waals surface area contributed by atoms with Gasteiger partial charge in [-0.1, -0.05) is 12.1 Å². The number of oxime groups is 1. The quantitative estimate of drug-likeness (QED) is 0.198. The molecule has 0 aliphatic heterocycles. The monoisotopic (exact) mass is 267 g/mol. The summed E-state index contributed by atoms with van der Waals surface area (Å²) in [5, 5.41) is 11.2. The Balaban J connectivity index is 4.32. The molecule has 0 atom stereocenters. The summed E-state index contributed by atoms with van der Waals surface area (Å²) < 4.78 is 30.0. The SMILES string of the molecule is CCOCCS(=O)(=O)N(CC)CCC(N)=NO. The van der Waals surface area contributed by atoms with Gasteiger partial charge >= 0.3 is 0 Å². The highest BCUT2D eigenvalue weighted by molar-refractivity contribution is 7.89. The molecule has 0 aromatic rings. The van der Waals surface area contributed by atoms with Crippen LogP contribution in [0.3, 0.4) is 0 Å². The number of rotatable bonds is 9. The molecule has 0 rings (SSSR count). The zero-order valence-electron chi connectivity index (χ0n) is 10.3. The van der Waals surface area contributed by atoms with Gasteiger partial charge in [0, 0.05) is 26.1 Å². The van der Waals surface area contributed by atoms with E-state index in [1.807, 2.05) is 6.92 Å². The third kappa shape index (κ3) is 6.44. The summed E-state index contributed by atoms with van der Waals surface area (Å²) in [5.41, 5.74) is 5.29. The second-order valence-corrected chi connectivity index (χ2v) is 5.43. The van der Waals surface area contributed by atoms with Crippen molar-refractivity contribution in [1.29, 1.82) is 0 Å². The zero-order valence-corrected chi connectivity index (χ0v) is 11.1. The Morgan fingerprint density at radius 3 is 2.59 bits per heavy atom. The average Bonchev–Trinajstić information content (AvgIpc) is 2.29. The van der Waals surface area contributed by atoms with Gasteiger partial charge in [-0.3, -0.25) is 0 Å². The molecule has 0 aliphatic rings. The van der Waals surface area contributed by atoms with E-state index in [1.165, 1.54) is 4.31 Å². The fourth-order valence-corrected chi connectivity index (χ4v) is 2.57. The summed E-state index contributed by atoms with van der Waals surface area (Å²) in [4.78, 5) is 0. The number of hydrogen-bond acceptors (Lipinski definition) is 5. The molecule has 0 saturated carbocycles. The number of nitrogens with two attached hydrogens (primary N) is 1.